The fraction of sp³-hybridized carbons (Fsp3) is 0.500. The minimum absolute atomic E-state index is 0.315. The van der Waals surface area contributed by atoms with Crippen LogP contribution in [-0.4, -0.2) is 18.6 Å². The lowest BCUT2D eigenvalue weighted by Crippen LogP contribution is -2.27. The van der Waals surface area contributed by atoms with Gasteiger partial charge in [-0.2, -0.15) is 0 Å². The monoisotopic (exact) mass is 140 g/mol. The summed E-state index contributed by atoms with van der Waals surface area (Å²) in [6.45, 7) is 3.42. The minimum Gasteiger partial charge on any atom is -0.352 e. The zero-order valence-corrected chi connectivity index (χ0v) is 5.19. The van der Waals surface area contributed by atoms with E-state index < -0.39 is 0 Å². The molecular formula is C4H6N5O. The molecule has 0 aromatic rings. The molecule has 10 heavy (non-hydrogen) atoms. The van der Waals surface area contributed by atoms with Gasteiger partial charge in [-0.05, 0) is 10.4 Å². The van der Waals surface area contributed by atoms with Crippen molar-refractivity contribution in [2.45, 2.75) is 6.17 Å². The second-order valence-corrected chi connectivity index (χ2v) is 1.69. The average Bonchev–Trinajstić information content (AvgIpc) is 2.34. The Morgan fingerprint density at radius 2 is 2.10 bits per heavy atom. The zero-order chi connectivity index (χ0) is 7.40. The van der Waals surface area contributed by atoms with Crippen LogP contribution in [0.25, 0.3) is 0 Å². The van der Waals surface area contributed by atoms with Crippen molar-refractivity contribution < 1.29 is 4.79 Å². The maximum atomic E-state index is 10.2. The molecule has 1 heterocycles. The van der Waals surface area contributed by atoms with E-state index in [1.807, 2.05) is 0 Å². The third-order valence-corrected chi connectivity index (χ3v) is 0.892. The Labute approximate surface area is 57.4 Å². The van der Waals surface area contributed by atoms with Gasteiger partial charge in [-0.1, -0.05) is 0 Å². The number of carbonyl (C=O) groups is 1. The fourth-order valence-electron chi connectivity index (χ4n) is 0.475. The van der Waals surface area contributed by atoms with Crippen LogP contribution < -0.4 is 5.32 Å². The molecule has 1 rings (SSSR count). The first-order chi connectivity index (χ1) is 4.79. The largest absolute Gasteiger partial charge is 0.352 e. The van der Waals surface area contributed by atoms with Crippen LogP contribution in [0, 0.1) is 6.92 Å². The van der Waals surface area contributed by atoms with Crippen molar-refractivity contribution in [3.8, 4) is 0 Å². The van der Waals surface area contributed by atoms with E-state index in [0.29, 0.717) is 6.54 Å². The molecule has 1 N–H and O–H groups in total. The lowest BCUT2D eigenvalue weighted by atomic mass is 10.5. The molecule has 1 amide bonds. The number of nitrogens with one attached hydrogen (secondary N) is 1. The molecule has 0 aromatic heterocycles. The van der Waals surface area contributed by atoms with Gasteiger partial charge >= 0.3 is 0 Å². The van der Waals surface area contributed by atoms with Crippen molar-refractivity contribution >= 4 is 5.91 Å². The van der Waals surface area contributed by atoms with Crippen LogP contribution in [0.4, 0.5) is 0 Å². The van der Waals surface area contributed by atoms with E-state index >= 15 is 0 Å². The van der Waals surface area contributed by atoms with Gasteiger partial charge < -0.3 is 5.32 Å². The minimum atomic E-state index is -0.356. The van der Waals surface area contributed by atoms with Crippen LogP contribution in [-0.2, 0) is 4.79 Å². The average molecular weight is 140 g/mol. The summed E-state index contributed by atoms with van der Waals surface area (Å²) in [5.41, 5.74) is 0. The Morgan fingerprint density at radius 3 is 2.60 bits per heavy atom. The highest BCUT2D eigenvalue weighted by Gasteiger charge is 2.08. The first kappa shape index (κ1) is 6.79. The second-order valence-electron chi connectivity index (χ2n) is 1.69. The van der Waals surface area contributed by atoms with Gasteiger partial charge in [-0.25, -0.2) is 0 Å². The van der Waals surface area contributed by atoms with Gasteiger partial charge in [0.25, 0.3) is 0 Å². The second kappa shape index (κ2) is 3.00. The lowest BCUT2D eigenvalue weighted by molar-refractivity contribution is -0.116. The molecular weight excluding hydrogens is 134 g/mol. The van der Waals surface area contributed by atoms with Gasteiger partial charge in [0.05, 0.1) is 6.54 Å². The van der Waals surface area contributed by atoms with E-state index in [4.69, 9.17) is 0 Å². The van der Waals surface area contributed by atoms with Gasteiger partial charge in [-0.15, -0.1) is 10.2 Å². The van der Waals surface area contributed by atoms with E-state index in [-0.39, 0.29) is 12.1 Å². The Balaban J connectivity index is 2.20. The molecule has 0 aliphatic carbocycles. The molecule has 0 aromatic carbocycles. The standard InChI is InChI=1S/C4H6N5O/c1-3(10)5-2-4-6-8-9-7-4/h4H,1-2H2,(H,5,10). The van der Waals surface area contributed by atoms with Crippen LogP contribution in [0.15, 0.2) is 20.7 Å². The Hall–Kier alpha value is -1.33. The molecule has 0 unspecified atom stereocenters. The summed E-state index contributed by atoms with van der Waals surface area (Å²) in [6, 6.07) is 0. The lowest BCUT2D eigenvalue weighted by Gasteiger charge is -1.99. The summed E-state index contributed by atoms with van der Waals surface area (Å²) in [6.07, 6.45) is -0.356. The summed E-state index contributed by atoms with van der Waals surface area (Å²) in [5.74, 6) is -0.350. The van der Waals surface area contributed by atoms with Crippen molar-refractivity contribution in [3.05, 3.63) is 6.92 Å². The first-order valence-corrected chi connectivity index (χ1v) is 2.69. The molecule has 53 valence electrons. The molecule has 1 aliphatic heterocycles. The van der Waals surface area contributed by atoms with Crippen molar-refractivity contribution in [1.29, 1.82) is 0 Å². The molecule has 0 saturated heterocycles. The summed E-state index contributed by atoms with van der Waals surface area (Å²) in [4.78, 5) is 10.2. The van der Waals surface area contributed by atoms with Crippen molar-refractivity contribution in [2.75, 3.05) is 6.54 Å². The van der Waals surface area contributed by atoms with E-state index in [1.54, 1.807) is 0 Å². The molecule has 1 aliphatic rings. The predicted molar refractivity (Wildman–Crippen MR) is 31.9 cm³/mol. The van der Waals surface area contributed by atoms with E-state index in [2.05, 4.69) is 32.9 Å². The number of hydrogen-bond donors (Lipinski definition) is 1. The van der Waals surface area contributed by atoms with Gasteiger partial charge in [0.2, 0.25) is 12.1 Å². The molecule has 6 nitrogen and oxygen atoms in total. The number of hydrogen-bond acceptors (Lipinski definition) is 5. The molecule has 0 spiro atoms. The normalized spacial score (nSPS) is 16.1. The zero-order valence-electron chi connectivity index (χ0n) is 5.19. The van der Waals surface area contributed by atoms with Crippen molar-refractivity contribution in [1.82, 2.24) is 5.32 Å². The maximum Gasteiger partial charge on any atom is 0.220 e. The third-order valence-electron chi connectivity index (χ3n) is 0.892. The summed E-state index contributed by atoms with van der Waals surface area (Å²) < 4.78 is 0. The SMILES string of the molecule is [CH2]C(=O)NCC1N=NN=N1. The molecule has 0 bridgehead atoms. The summed E-state index contributed by atoms with van der Waals surface area (Å²) in [5, 5.41) is 16.1. The quantitative estimate of drug-likeness (QED) is 0.579. The highest BCUT2D eigenvalue weighted by molar-refractivity contribution is 5.79. The van der Waals surface area contributed by atoms with E-state index in [1.165, 1.54) is 0 Å². The van der Waals surface area contributed by atoms with Gasteiger partial charge in [0.1, 0.15) is 0 Å². The van der Waals surface area contributed by atoms with Crippen LogP contribution in [0.2, 0.25) is 0 Å². The first-order valence-electron chi connectivity index (χ1n) is 2.69. The summed E-state index contributed by atoms with van der Waals surface area (Å²) >= 11 is 0. The summed E-state index contributed by atoms with van der Waals surface area (Å²) in [7, 11) is 0. The van der Waals surface area contributed by atoms with Crippen molar-refractivity contribution in [3.63, 3.8) is 0 Å². The van der Waals surface area contributed by atoms with Crippen LogP contribution in [0.1, 0.15) is 0 Å². The third kappa shape index (κ3) is 1.88. The van der Waals surface area contributed by atoms with Gasteiger partial charge in [-0.3, -0.25) is 4.79 Å². The number of nitrogens with zero attached hydrogens (tertiary/aromatic N) is 4. The Bertz CT molecular complexity index is 174. The highest BCUT2D eigenvalue weighted by atomic mass is 16.1. The van der Waals surface area contributed by atoms with E-state index in [0.717, 1.165) is 0 Å². The smallest absolute Gasteiger partial charge is 0.220 e. The van der Waals surface area contributed by atoms with Crippen LogP contribution in [0.5, 0.6) is 0 Å². The highest BCUT2D eigenvalue weighted by Crippen LogP contribution is 2.01. The van der Waals surface area contributed by atoms with E-state index in [9.17, 15) is 4.79 Å². The molecule has 0 fully saturated rings. The maximum absolute atomic E-state index is 10.2. The number of carbonyl (C=O) groups excluding carboxylic acids is 1. The fourth-order valence-corrected chi connectivity index (χ4v) is 0.475. The van der Waals surface area contributed by atoms with Gasteiger partial charge in [0, 0.05) is 6.92 Å². The Kier molecular flexibility index (Phi) is 2.03. The van der Waals surface area contributed by atoms with Crippen LogP contribution in [0.3, 0.4) is 0 Å². The van der Waals surface area contributed by atoms with Crippen LogP contribution >= 0.6 is 0 Å². The molecule has 6 heteroatoms. The number of rotatable bonds is 2. The predicted octanol–water partition coefficient (Wildman–Crippen LogP) is 0.0958. The molecule has 1 radical (unpaired) electrons. The van der Waals surface area contributed by atoms with Gasteiger partial charge in [0.15, 0.2) is 0 Å². The number of amides is 1. The Morgan fingerprint density at radius 1 is 1.50 bits per heavy atom. The molecule has 0 saturated carbocycles. The topological polar surface area (TPSA) is 78.5 Å². The van der Waals surface area contributed by atoms with Crippen molar-refractivity contribution in [2.24, 2.45) is 20.7 Å². The molecule has 0 atom stereocenters.